The predicted molar refractivity (Wildman–Crippen MR) is 125 cm³/mol. The Hall–Kier alpha value is -0.950. The minimum absolute atomic E-state index is 0.337. The normalized spacial score (nSPS) is 15.1. The molecule has 30 heavy (non-hydrogen) atoms. The first-order valence-electron chi connectivity index (χ1n) is 11.7. The molecule has 0 saturated heterocycles. The van der Waals surface area contributed by atoms with E-state index in [2.05, 4.69) is 26.1 Å². The smallest absolute Gasteiger partial charge is 0.267 e. The van der Waals surface area contributed by atoms with Crippen LogP contribution in [0.4, 0.5) is 0 Å². The highest BCUT2D eigenvalue weighted by Crippen LogP contribution is 2.15. The van der Waals surface area contributed by atoms with E-state index >= 15 is 0 Å². The number of likely N-dealkylation sites (N-methyl/N-ethyl adjacent to an activating group) is 1. The minimum atomic E-state index is -4.17. The van der Waals surface area contributed by atoms with Crippen LogP contribution in [0.15, 0.2) is 30.3 Å². The zero-order valence-corrected chi connectivity index (χ0v) is 20.0. The summed E-state index contributed by atoms with van der Waals surface area (Å²) in [5.74, 6) is -0.593. The van der Waals surface area contributed by atoms with Gasteiger partial charge in [0.25, 0.3) is 10.1 Å². The first kappa shape index (κ1) is 27.1. The Morgan fingerprint density at radius 3 is 1.93 bits per heavy atom. The van der Waals surface area contributed by atoms with Crippen molar-refractivity contribution in [1.29, 1.82) is 0 Å². The van der Waals surface area contributed by atoms with Crippen LogP contribution in [0.3, 0.4) is 0 Å². The average molecular weight is 443 g/mol. The van der Waals surface area contributed by atoms with E-state index in [1.807, 2.05) is 18.2 Å². The minimum Gasteiger partial charge on any atom is -0.386 e. The summed E-state index contributed by atoms with van der Waals surface area (Å²) in [6.07, 6.45) is 12.6. The van der Waals surface area contributed by atoms with Crippen molar-refractivity contribution in [2.24, 2.45) is 0 Å². The quantitative estimate of drug-likeness (QED) is 0.194. The second kappa shape index (κ2) is 15.0. The molecule has 2 N–H and O–H groups in total. The molecule has 1 rings (SSSR count). The van der Waals surface area contributed by atoms with Crippen LogP contribution in [0.5, 0.6) is 0 Å². The maximum Gasteiger partial charge on any atom is 0.267 e. The first-order chi connectivity index (χ1) is 14.2. The van der Waals surface area contributed by atoms with Crippen molar-refractivity contribution >= 4 is 10.1 Å². The van der Waals surface area contributed by atoms with E-state index in [0.717, 1.165) is 25.9 Å². The highest BCUT2D eigenvalue weighted by Gasteiger charge is 2.27. The van der Waals surface area contributed by atoms with Crippen LogP contribution in [0, 0.1) is 0 Å². The molecule has 174 valence electrons. The van der Waals surface area contributed by atoms with Crippen molar-refractivity contribution in [3.05, 3.63) is 35.9 Å². The van der Waals surface area contributed by atoms with Crippen molar-refractivity contribution in [3.63, 3.8) is 0 Å². The zero-order chi connectivity index (χ0) is 22.3. The summed E-state index contributed by atoms with van der Waals surface area (Å²) in [5.41, 5.74) is 1.24. The van der Waals surface area contributed by atoms with Gasteiger partial charge in [0, 0.05) is 6.42 Å². The van der Waals surface area contributed by atoms with Gasteiger partial charge >= 0.3 is 0 Å². The summed E-state index contributed by atoms with van der Waals surface area (Å²) in [7, 11) is -2.08. The van der Waals surface area contributed by atoms with E-state index in [4.69, 9.17) is 4.55 Å². The molecule has 5 nitrogen and oxygen atoms in total. The van der Waals surface area contributed by atoms with Gasteiger partial charge in [-0.3, -0.25) is 4.55 Å². The standard InChI is InChI=1S/C24H43NO4S/c1-3-4-5-6-7-8-9-10-11-15-19-25(2,21-24(26)22-30(27,28)29)20-18-23-16-13-12-14-17-23/h12-14,16-17,24,26H,3-11,15,18-22H2,1-2H3/p+1. The van der Waals surface area contributed by atoms with E-state index in [9.17, 15) is 13.5 Å². The Morgan fingerprint density at radius 2 is 1.40 bits per heavy atom. The van der Waals surface area contributed by atoms with Crippen LogP contribution in [-0.4, -0.2) is 61.1 Å². The molecule has 0 aromatic heterocycles. The molecule has 1 aromatic carbocycles. The van der Waals surface area contributed by atoms with Gasteiger partial charge in [-0.25, -0.2) is 0 Å². The van der Waals surface area contributed by atoms with Gasteiger partial charge < -0.3 is 9.59 Å². The van der Waals surface area contributed by atoms with Crippen LogP contribution in [-0.2, 0) is 16.5 Å². The molecule has 0 aliphatic carbocycles. The summed E-state index contributed by atoms with van der Waals surface area (Å²) >= 11 is 0. The molecule has 6 heteroatoms. The lowest BCUT2D eigenvalue weighted by Crippen LogP contribution is -2.52. The molecule has 0 bridgehead atoms. The predicted octanol–water partition coefficient (Wildman–Crippen LogP) is 4.85. The van der Waals surface area contributed by atoms with Crippen LogP contribution >= 0.6 is 0 Å². The van der Waals surface area contributed by atoms with Gasteiger partial charge in [-0.15, -0.1) is 0 Å². The number of nitrogens with zero attached hydrogens (tertiary/aromatic N) is 1. The lowest BCUT2D eigenvalue weighted by Gasteiger charge is -2.36. The van der Waals surface area contributed by atoms with E-state index in [1.54, 1.807) is 0 Å². The van der Waals surface area contributed by atoms with Crippen LogP contribution in [0.25, 0.3) is 0 Å². The molecule has 2 unspecified atom stereocenters. The zero-order valence-electron chi connectivity index (χ0n) is 19.1. The SMILES string of the molecule is CCCCCCCCCCCC[N+](C)(CCc1ccccc1)CC(O)CS(=O)(=O)O. The fourth-order valence-corrected chi connectivity index (χ4v) is 4.72. The molecule has 0 saturated carbocycles. The maximum atomic E-state index is 11.1. The van der Waals surface area contributed by atoms with E-state index < -0.39 is 22.0 Å². The van der Waals surface area contributed by atoms with Gasteiger partial charge in [0.2, 0.25) is 0 Å². The van der Waals surface area contributed by atoms with Gasteiger partial charge in [-0.2, -0.15) is 8.42 Å². The highest BCUT2D eigenvalue weighted by atomic mass is 32.2. The van der Waals surface area contributed by atoms with Crippen LogP contribution in [0.1, 0.15) is 76.7 Å². The molecule has 0 spiro atoms. The summed E-state index contributed by atoms with van der Waals surface area (Å²) in [6, 6.07) is 10.2. The maximum absolute atomic E-state index is 11.1. The van der Waals surface area contributed by atoms with Gasteiger partial charge in [-0.1, -0.05) is 88.6 Å². The third kappa shape index (κ3) is 14.1. The Morgan fingerprint density at radius 1 is 0.867 bits per heavy atom. The number of unbranched alkanes of at least 4 members (excludes halogenated alkanes) is 9. The molecule has 0 heterocycles. The van der Waals surface area contributed by atoms with Crippen molar-refractivity contribution in [2.45, 2.75) is 83.7 Å². The fourth-order valence-electron chi connectivity index (χ4n) is 4.12. The molecule has 0 fully saturated rings. The number of quaternary nitrogens is 1. The summed E-state index contributed by atoms with van der Waals surface area (Å²) in [6.45, 7) is 4.33. The molecule has 0 radical (unpaired) electrons. The monoisotopic (exact) mass is 442 g/mol. The number of hydrogen-bond acceptors (Lipinski definition) is 3. The largest absolute Gasteiger partial charge is 0.386 e. The van der Waals surface area contributed by atoms with Crippen molar-refractivity contribution < 1.29 is 22.6 Å². The molecular formula is C24H44NO4S+. The van der Waals surface area contributed by atoms with Gasteiger partial charge in [0.15, 0.2) is 0 Å². The topological polar surface area (TPSA) is 74.6 Å². The number of hydrogen-bond donors (Lipinski definition) is 2. The molecule has 1 aromatic rings. The molecule has 0 amide bonds. The summed E-state index contributed by atoms with van der Waals surface area (Å²) in [5, 5.41) is 10.2. The number of rotatable bonds is 18. The third-order valence-corrected chi connectivity index (χ3v) is 6.70. The third-order valence-electron chi connectivity index (χ3n) is 5.89. The van der Waals surface area contributed by atoms with Crippen LogP contribution in [0.2, 0.25) is 0 Å². The van der Waals surface area contributed by atoms with Gasteiger partial charge in [-0.05, 0) is 18.4 Å². The molecule has 0 aliphatic heterocycles. The Kier molecular flexibility index (Phi) is 13.5. The van der Waals surface area contributed by atoms with Crippen molar-refractivity contribution in [3.8, 4) is 0 Å². The summed E-state index contributed by atoms with van der Waals surface area (Å²) < 4.78 is 32.0. The highest BCUT2D eigenvalue weighted by molar-refractivity contribution is 7.85. The van der Waals surface area contributed by atoms with E-state index in [-0.39, 0.29) is 0 Å². The number of aliphatic hydroxyl groups is 1. The number of benzene rings is 1. The molecule has 0 aliphatic rings. The second-order valence-electron chi connectivity index (χ2n) is 9.07. The second-order valence-corrected chi connectivity index (χ2v) is 10.6. The Labute approximate surface area is 184 Å². The Balaban J connectivity index is 2.42. The van der Waals surface area contributed by atoms with Crippen molar-refractivity contribution in [1.82, 2.24) is 0 Å². The lowest BCUT2D eigenvalue weighted by molar-refractivity contribution is -0.912. The van der Waals surface area contributed by atoms with Crippen LogP contribution < -0.4 is 0 Å². The summed E-state index contributed by atoms with van der Waals surface area (Å²) in [4.78, 5) is 0. The molecular weight excluding hydrogens is 398 g/mol. The average Bonchev–Trinajstić information content (AvgIpc) is 2.67. The first-order valence-corrected chi connectivity index (χ1v) is 13.4. The van der Waals surface area contributed by atoms with Crippen molar-refractivity contribution in [2.75, 3.05) is 32.4 Å². The van der Waals surface area contributed by atoms with Gasteiger partial charge in [0.05, 0.1) is 20.1 Å². The Bertz CT molecular complexity index is 650. The lowest BCUT2D eigenvalue weighted by atomic mass is 10.1. The molecule has 2 atom stereocenters. The number of aliphatic hydroxyl groups excluding tert-OH is 1. The van der Waals surface area contributed by atoms with E-state index in [0.29, 0.717) is 11.0 Å². The van der Waals surface area contributed by atoms with Gasteiger partial charge in [0.1, 0.15) is 18.4 Å². The van der Waals surface area contributed by atoms with E-state index in [1.165, 1.54) is 63.4 Å². The fraction of sp³-hybridized carbons (Fsp3) is 0.750.